The molecule has 0 radical (unpaired) electrons. The van der Waals surface area contributed by atoms with Gasteiger partial charge in [0.2, 0.25) is 0 Å². The third kappa shape index (κ3) is 4.19. The molecule has 0 spiro atoms. The topological polar surface area (TPSA) is 35.8 Å². The van der Waals surface area contributed by atoms with Crippen molar-refractivity contribution in [1.82, 2.24) is 9.38 Å². The number of ether oxygens (including phenoxy) is 2. The van der Waals surface area contributed by atoms with Crippen LogP contribution in [0.3, 0.4) is 0 Å². The maximum Gasteiger partial charge on any atom is 0.387 e. The van der Waals surface area contributed by atoms with E-state index in [4.69, 9.17) is 9.47 Å². The molecule has 1 aliphatic rings. The highest BCUT2D eigenvalue weighted by molar-refractivity contribution is 7.17. The zero-order chi connectivity index (χ0) is 19.5. The maximum atomic E-state index is 12.8. The van der Waals surface area contributed by atoms with E-state index < -0.39 is 6.61 Å². The lowest BCUT2D eigenvalue weighted by atomic mass is 10.1. The van der Waals surface area contributed by atoms with Crippen LogP contribution in [0.2, 0.25) is 0 Å². The van der Waals surface area contributed by atoms with Gasteiger partial charge in [0.05, 0.1) is 11.8 Å². The number of rotatable bonds is 7. The number of nitrogens with zero attached hydrogens (tertiary/aromatic N) is 2. The van der Waals surface area contributed by atoms with Crippen LogP contribution in [0.5, 0.6) is 11.5 Å². The summed E-state index contributed by atoms with van der Waals surface area (Å²) in [5, 5.41) is 0. The third-order valence-electron chi connectivity index (χ3n) is 4.82. The molecular formula is C21H22F2N2O2S. The minimum absolute atomic E-state index is 0.0416. The van der Waals surface area contributed by atoms with Crippen LogP contribution in [-0.4, -0.2) is 22.1 Å². The average molecular weight is 404 g/mol. The van der Waals surface area contributed by atoms with E-state index in [0.717, 1.165) is 42.8 Å². The number of para-hydroxylation sites is 1. The van der Waals surface area contributed by atoms with E-state index in [-0.39, 0.29) is 11.9 Å². The fourth-order valence-electron chi connectivity index (χ4n) is 3.43. The Morgan fingerprint density at radius 3 is 2.79 bits per heavy atom. The first-order valence-corrected chi connectivity index (χ1v) is 10.3. The predicted octanol–water partition coefficient (Wildman–Crippen LogP) is 6.05. The summed E-state index contributed by atoms with van der Waals surface area (Å²) < 4.78 is 38.4. The lowest BCUT2D eigenvalue weighted by Gasteiger charge is -2.18. The zero-order valence-electron chi connectivity index (χ0n) is 15.6. The van der Waals surface area contributed by atoms with Crippen molar-refractivity contribution < 1.29 is 18.3 Å². The quantitative estimate of drug-likeness (QED) is 0.481. The van der Waals surface area contributed by atoms with Gasteiger partial charge in [-0.1, -0.05) is 19.1 Å². The number of halogens is 2. The molecule has 148 valence electrons. The van der Waals surface area contributed by atoms with Gasteiger partial charge in [-0.05, 0) is 50.3 Å². The molecule has 1 fully saturated rings. The molecule has 1 aromatic carbocycles. The third-order valence-corrected chi connectivity index (χ3v) is 5.96. The second-order valence-corrected chi connectivity index (χ2v) is 7.91. The Kier molecular flexibility index (Phi) is 5.62. The van der Waals surface area contributed by atoms with E-state index in [1.54, 1.807) is 17.4 Å². The molecule has 0 amide bonds. The number of thiazole rings is 1. The monoisotopic (exact) mass is 404 g/mol. The number of aromatic nitrogens is 2. The molecule has 0 bridgehead atoms. The first-order valence-electron chi connectivity index (χ1n) is 9.52. The second kappa shape index (κ2) is 8.31. The van der Waals surface area contributed by atoms with Gasteiger partial charge in [0.15, 0.2) is 16.5 Å². The largest absolute Gasteiger partial charge is 0.486 e. The fraction of sp³-hybridized carbons (Fsp3) is 0.381. The minimum Gasteiger partial charge on any atom is -0.486 e. The number of hydrogen-bond donors (Lipinski definition) is 0. The molecule has 0 atom stereocenters. The van der Waals surface area contributed by atoms with Crippen molar-refractivity contribution in [3.8, 4) is 11.5 Å². The standard InChI is InChI=1S/C21H22F2N2O2S/c1-2-17-13-25-12-15(24-21(25)28-17)11-10-14-6-5-9-18(27-20(22)23)19(14)26-16-7-3-4-8-16/h5-6,9-13,16,20H,2-4,7-8H2,1H3. The number of alkyl halides is 2. The first-order chi connectivity index (χ1) is 13.6. The van der Waals surface area contributed by atoms with Gasteiger partial charge >= 0.3 is 6.61 Å². The van der Waals surface area contributed by atoms with Crippen LogP contribution >= 0.6 is 11.3 Å². The van der Waals surface area contributed by atoms with Crippen LogP contribution in [0.25, 0.3) is 17.1 Å². The van der Waals surface area contributed by atoms with E-state index in [1.807, 2.05) is 28.8 Å². The van der Waals surface area contributed by atoms with Crippen LogP contribution in [0, 0.1) is 0 Å². The van der Waals surface area contributed by atoms with Crippen LogP contribution in [-0.2, 0) is 6.42 Å². The summed E-state index contributed by atoms with van der Waals surface area (Å²) in [6, 6.07) is 5.05. The lowest BCUT2D eigenvalue weighted by molar-refractivity contribution is -0.0520. The molecule has 2 heterocycles. The smallest absolute Gasteiger partial charge is 0.387 e. The van der Waals surface area contributed by atoms with Crippen LogP contribution < -0.4 is 9.47 Å². The number of benzene rings is 1. The van der Waals surface area contributed by atoms with Crippen LogP contribution in [0.1, 0.15) is 48.7 Å². The Morgan fingerprint density at radius 2 is 2.07 bits per heavy atom. The highest BCUT2D eigenvalue weighted by Crippen LogP contribution is 2.37. The Balaban J connectivity index is 1.62. The van der Waals surface area contributed by atoms with Gasteiger partial charge in [-0.3, -0.25) is 4.40 Å². The molecule has 4 rings (SSSR count). The Hall–Kier alpha value is -2.41. The summed E-state index contributed by atoms with van der Waals surface area (Å²) in [5.74, 6) is 0.447. The van der Waals surface area contributed by atoms with E-state index >= 15 is 0 Å². The molecular weight excluding hydrogens is 382 g/mol. The normalized spacial score (nSPS) is 15.3. The molecule has 28 heavy (non-hydrogen) atoms. The fourth-order valence-corrected chi connectivity index (χ4v) is 4.34. The minimum atomic E-state index is -2.89. The highest BCUT2D eigenvalue weighted by Gasteiger charge is 2.21. The zero-order valence-corrected chi connectivity index (χ0v) is 16.4. The molecule has 0 unspecified atom stereocenters. The van der Waals surface area contributed by atoms with Crippen LogP contribution in [0.15, 0.2) is 30.6 Å². The molecule has 1 aliphatic carbocycles. The number of fused-ring (bicyclic) bond motifs is 1. The lowest BCUT2D eigenvalue weighted by Crippen LogP contribution is -2.13. The molecule has 0 aliphatic heterocycles. The van der Waals surface area contributed by atoms with Gasteiger partial charge in [-0.2, -0.15) is 8.78 Å². The van der Waals surface area contributed by atoms with E-state index in [2.05, 4.69) is 18.1 Å². The maximum absolute atomic E-state index is 12.8. The molecule has 0 N–H and O–H groups in total. The average Bonchev–Trinajstić information content (AvgIpc) is 3.37. The summed E-state index contributed by atoms with van der Waals surface area (Å²) in [4.78, 5) is 6.82. The molecule has 4 nitrogen and oxygen atoms in total. The van der Waals surface area contributed by atoms with Crippen molar-refractivity contribution in [3.05, 3.63) is 46.7 Å². The van der Waals surface area contributed by atoms with Crippen molar-refractivity contribution in [2.45, 2.75) is 51.7 Å². The molecule has 7 heteroatoms. The first kappa shape index (κ1) is 18.9. The Labute approximate surface area is 166 Å². The molecule has 1 saturated carbocycles. The molecule has 0 saturated heterocycles. The summed E-state index contributed by atoms with van der Waals surface area (Å²) in [7, 11) is 0. The van der Waals surface area contributed by atoms with E-state index in [9.17, 15) is 8.78 Å². The molecule has 3 aromatic rings. The summed E-state index contributed by atoms with van der Waals surface area (Å²) in [6.45, 7) is -0.773. The van der Waals surface area contributed by atoms with Gasteiger partial charge in [0.1, 0.15) is 0 Å². The summed E-state index contributed by atoms with van der Waals surface area (Å²) >= 11 is 1.66. The van der Waals surface area contributed by atoms with Gasteiger partial charge in [0.25, 0.3) is 0 Å². The van der Waals surface area contributed by atoms with Crippen molar-refractivity contribution >= 4 is 28.4 Å². The Morgan fingerprint density at radius 1 is 1.25 bits per heavy atom. The van der Waals surface area contributed by atoms with Gasteiger partial charge in [0, 0.05) is 22.8 Å². The molecule has 2 aromatic heterocycles. The van der Waals surface area contributed by atoms with Gasteiger partial charge in [-0.15, -0.1) is 11.3 Å². The number of hydrogen-bond acceptors (Lipinski definition) is 4. The van der Waals surface area contributed by atoms with E-state index in [0.29, 0.717) is 11.3 Å². The highest BCUT2D eigenvalue weighted by atomic mass is 32.1. The van der Waals surface area contributed by atoms with Crippen LogP contribution in [0.4, 0.5) is 8.78 Å². The Bertz CT molecular complexity index is 943. The van der Waals surface area contributed by atoms with Crippen molar-refractivity contribution in [2.75, 3.05) is 0 Å². The van der Waals surface area contributed by atoms with Crippen molar-refractivity contribution in [2.24, 2.45) is 0 Å². The van der Waals surface area contributed by atoms with Crippen molar-refractivity contribution in [1.29, 1.82) is 0 Å². The number of imidazole rings is 1. The predicted molar refractivity (Wildman–Crippen MR) is 107 cm³/mol. The SMILES string of the molecule is CCc1cn2cc(C=Cc3cccc(OC(F)F)c3OC3CCCC3)nc2s1. The van der Waals surface area contributed by atoms with Gasteiger partial charge in [-0.25, -0.2) is 4.98 Å². The van der Waals surface area contributed by atoms with E-state index in [1.165, 1.54) is 10.9 Å². The number of aryl methyl sites for hydroxylation is 1. The summed E-state index contributed by atoms with van der Waals surface area (Å²) in [5.41, 5.74) is 1.51. The van der Waals surface area contributed by atoms with Gasteiger partial charge < -0.3 is 9.47 Å². The second-order valence-electron chi connectivity index (χ2n) is 6.82. The van der Waals surface area contributed by atoms with Crippen molar-refractivity contribution in [3.63, 3.8) is 0 Å². The summed E-state index contributed by atoms with van der Waals surface area (Å²) in [6.07, 6.45) is 12.8.